The van der Waals surface area contributed by atoms with Crippen LogP contribution in [-0.4, -0.2) is 34.9 Å². The van der Waals surface area contributed by atoms with E-state index in [9.17, 15) is 4.79 Å². The number of carbonyl (C=O) groups excluding carboxylic acids is 1. The summed E-state index contributed by atoms with van der Waals surface area (Å²) in [5.74, 6) is 0.0257. The van der Waals surface area contributed by atoms with E-state index in [1.807, 2.05) is 62.2 Å². The van der Waals surface area contributed by atoms with Gasteiger partial charge in [-0.1, -0.05) is 30.3 Å². The van der Waals surface area contributed by atoms with E-state index in [1.165, 1.54) is 4.90 Å². The van der Waals surface area contributed by atoms with Crippen LogP contribution in [0.4, 0.5) is 0 Å². The van der Waals surface area contributed by atoms with Gasteiger partial charge in [-0.25, -0.2) is 0 Å². The molecule has 0 spiro atoms. The highest BCUT2D eigenvalue weighted by molar-refractivity contribution is 7.80. The van der Waals surface area contributed by atoms with E-state index in [-0.39, 0.29) is 5.91 Å². The van der Waals surface area contributed by atoms with Crippen LogP contribution in [-0.2, 0) is 4.79 Å². The van der Waals surface area contributed by atoms with Gasteiger partial charge in [0.15, 0.2) is 5.11 Å². The van der Waals surface area contributed by atoms with Crippen molar-refractivity contribution in [3.05, 3.63) is 41.6 Å². The van der Waals surface area contributed by atoms with Crippen LogP contribution in [0, 0.1) is 5.41 Å². The van der Waals surface area contributed by atoms with Gasteiger partial charge < -0.3 is 4.90 Å². The number of nitrogens with zero attached hydrogens (tertiary/aromatic N) is 2. The molecule has 0 saturated carbocycles. The summed E-state index contributed by atoms with van der Waals surface area (Å²) < 4.78 is 0. The van der Waals surface area contributed by atoms with Gasteiger partial charge in [0.25, 0.3) is 0 Å². The summed E-state index contributed by atoms with van der Waals surface area (Å²) >= 11 is 5.31. The molecule has 100 valence electrons. The van der Waals surface area contributed by atoms with Crippen LogP contribution in [0.1, 0.15) is 19.4 Å². The first kappa shape index (κ1) is 13.7. The molecule has 3 nitrogen and oxygen atoms in total. The summed E-state index contributed by atoms with van der Waals surface area (Å²) in [5, 5.41) is 0.534. The molecule has 0 radical (unpaired) electrons. The van der Waals surface area contributed by atoms with E-state index >= 15 is 0 Å². The van der Waals surface area contributed by atoms with Crippen LogP contribution in [0.3, 0.4) is 0 Å². The second kappa shape index (κ2) is 4.78. The summed E-state index contributed by atoms with van der Waals surface area (Å²) in [7, 11) is 3.63. The zero-order valence-electron chi connectivity index (χ0n) is 11.7. The van der Waals surface area contributed by atoms with Gasteiger partial charge in [0, 0.05) is 19.8 Å². The van der Waals surface area contributed by atoms with Gasteiger partial charge in [0.2, 0.25) is 5.91 Å². The number of hydrogen-bond donors (Lipinski definition) is 0. The molecule has 1 aromatic rings. The Morgan fingerprint density at radius 2 is 1.68 bits per heavy atom. The van der Waals surface area contributed by atoms with Crippen LogP contribution in [0.15, 0.2) is 36.0 Å². The van der Waals surface area contributed by atoms with Gasteiger partial charge in [-0.15, -0.1) is 0 Å². The minimum absolute atomic E-state index is 0.0257. The molecule has 0 bridgehead atoms. The third-order valence-electron chi connectivity index (χ3n) is 3.52. The molecule has 19 heavy (non-hydrogen) atoms. The first-order valence-corrected chi connectivity index (χ1v) is 6.59. The topological polar surface area (TPSA) is 23.6 Å². The van der Waals surface area contributed by atoms with Crippen molar-refractivity contribution in [3.8, 4) is 0 Å². The fourth-order valence-corrected chi connectivity index (χ4v) is 2.53. The number of rotatable bonds is 1. The molecular weight excluding hydrogens is 256 g/mol. The van der Waals surface area contributed by atoms with Gasteiger partial charge in [0.05, 0.1) is 5.41 Å². The minimum atomic E-state index is -0.582. The number of benzene rings is 1. The third kappa shape index (κ3) is 2.28. The summed E-state index contributed by atoms with van der Waals surface area (Å²) in [6.45, 7) is 3.86. The number of thiocarbonyl (C=S) groups is 1. The van der Waals surface area contributed by atoms with Gasteiger partial charge >= 0.3 is 0 Å². The first-order valence-electron chi connectivity index (χ1n) is 6.19. The Morgan fingerprint density at radius 3 is 2.26 bits per heavy atom. The highest BCUT2D eigenvalue weighted by Gasteiger charge is 2.43. The maximum absolute atomic E-state index is 12.4. The van der Waals surface area contributed by atoms with E-state index in [0.29, 0.717) is 5.11 Å². The van der Waals surface area contributed by atoms with Gasteiger partial charge in [0.1, 0.15) is 0 Å². The molecular formula is C15H18N2OS. The maximum atomic E-state index is 12.4. The van der Waals surface area contributed by atoms with Gasteiger partial charge in [-0.2, -0.15) is 0 Å². The molecule has 1 aliphatic rings. The summed E-state index contributed by atoms with van der Waals surface area (Å²) in [6.07, 6.45) is 2.02. The molecule has 1 amide bonds. The molecule has 0 aliphatic carbocycles. The van der Waals surface area contributed by atoms with Crippen molar-refractivity contribution in [2.75, 3.05) is 14.1 Å². The Kier molecular flexibility index (Phi) is 3.45. The van der Waals surface area contributed by atoms with Crippen molar-refractivity contribution < 1.29 is 4.79 Å². The van der Waals surface area contributed by atoms with E-state index in [2.05, 4.69) is 0 Å². The van der Waals surface area contributed by atoms with Crippen LogP contribution in [0.2, 0.25) is 0 Å². The second-order valence-electron chi connectivity index (χ2n) is 5.27. The van der Waals surface area contributed by atoms with E-state index < -0.39 is 5.41 Å². The van der Waals surface area contributed by atoms with Crippen LogP contribution >= 0.6 is 12.2 Å². The molecule has 1 aromatic carbocycles. The Hall–Kier alpha value is -1.68. The lowest BCUT2D eigenvalue weighted by Gasteiger charge is -2.43. The van der Waals surface area contributed by atoms with Gasteiger partial charge in [-0.3, -0.25) is 9.69 Å². The molecule has 1 fully saturated rings. The monoisotopic (exact) mass is 274 g/mol. The van der Waals surface area contributed by atoms with Crippen molar-refractivity contribution in [2.45, 2.75) is 13.8 Å². The first-order chi connectivity index (χ1) is 8.85. The lowest BCUT2D eigenvalue weighted by Crippen LogP contribution is -2.55. The molecule has 2 rings (SSSR count). The molecule has 1 aliphatic heterocycles. The van der Waals surface area contributed by atoms with Crippen molar-refractivity contribution >= 4 is 29.3 Å². The Balaban J connectivity index is 2.51. The molecule has 0 unspecified atom stereocenters. The molecule has 0 aromatic heterocycles. The SMILES string of the molecule is CN1C(=O)C(C)(C)/C(=C\c2ccccc2)N(C)C1=S. The van der Waals surface area contributed by atoms with Crippen LogP contribution < -0.4 is 0 Å². The molecule has 1 heterocycles. The van der Waals surface area contributed by atoms with Crippen LogP contribution in [0.25, 0.3) is 6.08 Å². The third-order valence-corrected chi connectivity index (χ3v) is 4.07. The number of hydrogen-bond acceptors (Lipinski definition) is 2. The second-order valence-corrected chi connectivity index (χ2v) is 5.64. The smallest absolute Gasteiger partial charge is 0.240 e. The molecule has 1 saturated heterocycles. The van der Waals surface area contributed by atoms with Crippen molar-refractivity contribution in [1.29, 1.82) is 0 Å². The Morgan fingerprint density at radius 1 is 1.11 bits per heavy atom. The normalized spacial score (nSPS) is 21.2. The lowest BCUT2D eigenvalue weighted by atomic mass is 9.84. The van der Waals surface area contributed by atoms with Crippen molar-refractivity contribution in [1.82, 2.24) is 9.80 Å². The summed E-state index contributed by atoms with van der Waals surface area (Å²) in [6, 6.07) is 9.97. The van der Waals surface area contributed by atoms with E-state index in [0.717, 1.165) is 11.3 Å². The average molecular weight is 274 g/mol. The lowest BCUT2D eigenvalue weighted by molar-refractivity contribution is -0.135. The zero-order valence-corrected chi connectivity index (χ0v) is 12.5. The fraction of sp³-hybridized carbons (Fsp3) is 0.333. The highest BCUT2D eigenvalue weighted by Crippen LogP contribution is 2.36. The zero-order chi connectivity index (χ0) is 14.2. The highest BCUT2D eigenvalue weighted by atomic mass is 32.1. The molecule has 4 heteroatoms. The van der Waals surface area contributed by atoms with Crippen molar-refractivity contribution in [2.24, 2.45) is 5.41 Å². The molecule has 0 atom stereocenters. The average Bonchev–Trinajstić information content (AvgIpc) is 2.41. The predicted molar refractivity (Wildman–Crippen MR) is 81.3 cm³/mol. The van der Waals surface area contributed by atoms with Crippen molar-refractivity contribution in [3.63, 3.8) is 0 Å². The standard InChI is InChI=1S/C15H18N2OS/c1-15(2)12(10-11-8-6-5-7-9-11)16(3)14(19)17(4)13(15)18/h5-10H,1-4H3/b12-10+. The maximum Gasteiger partial charge on any atom is 0.240 e. The van der Waals surface area contributed by atoms with E-state index in [1.54, 1.807) is 7.05 Å². The summed E-state index contributed by atoms with van der Waals surface area (Å²) in [4.78, 5) is 15.8. The van der Waals surface area contributed by atoms with Crippen LogP contribution in [0.5, 0.6) is 0 Å². The largest absolute Gasteiger partial charge is 0.324 e. The van der Waals surface area contributed by atoms with E-state index in [4.69, 9.17) is 12.2 Å². The number of amides is 1. The minimum Gasteiger partial charge on any atom is -0.324 e. The number of carbonyl (C=O) groups is 1. The Bertz CT molecular complexity index is 549. The summed E-state index contributed by atoms with van der Waals surface area (Å²) in [5.41, 5.74) is 1.41. The predicted octanol–water partition coefficient (Wildman–Crippen LogP) is 2.74. The quantitative estimate of drug-likeness (QED) is 0.736. The molecule has 0 N–H and O–H groups in total. The fourth-order valence-electron chi connectivity index (χ4n) is 2.35. The van der Waals surface area contributed by atoms with Gasteiger partial charge in [-0.05, 0) is 37.7 Å². The Labute approximate surface area is 119 Å².